The second-order valence-electron chi connectivity index (χ2n) is 16.2. The first-order valence-corrected chi connectivity index (χ1v) is 33.7. The van der Waals surface area contributed by atoms with Crippen LogP contribution in [0.4, 0.5) is 0 Å². The molecule has 0 fully saturated rings. The number of halogens is 2. The van der Waals surface area contributed by atoms with Crippen molar-refractivity contribution in [3.63, 3.8) is 0 Å². The first-order chi connectivity index (χ1) is 21.9. The van der Waals surface area contributed by atoms with Gasteiger partial charge in [-0.05, 0) is 0 Å². The number of aryl methyl sites for hydroxylation is 3. The minimum absolute atomic E-state index is 0.0815. The third-order valence-corrected chi connectivity index (χ3v) is 63.2. The van der Waals surface area contributed by atoms with Crippen LogP contribution in [-0.2, 0) is 21.0 Å². The van der Waals surface area contributed by atoms with Crippen molar-refractivity contribution in [3.05, 3.63) is 128 Å². The molecule has 245 valence electrons. The molecule has 0 radical (unpaired) electrons. The Morgan fingerprint density at radius 1 is 0.681 bits per heavy atom. The molecular weight excluding hydrogens is 707 g/mol. The quantitative estimate of drug-likeness (QED) is 0.172. The predicted molar refractivity (Wildman–Crippen MR) is 209 cm³/mol. The molecule has 47 heavy (non-hydrogen) atoms. The van der Waals surface area contributed by atoms with Crippen LogP contribution in [0.2, 0.25) is 13.1 Å². The molecule has 2 atom stereocenters. The second-order valence-corrected chi connectivity index (χ2v) is 58.7. The van der Waals surface area contributed by atoms with Gasteiger partial charge in [0.1, 0.15) is 0 Å². The molecule has 0 N–H and O–H groups in total. The van der Waals surface area contributed by atoms with E-state index in [0.717, 1.165) is 0 Å². The first kappa shape index (κ1) is 34.9. The topological polar surface area (TPSA) is 0 Å². The summed E-state index contributed by atoms with van der Waals surface area (Å²) in [5.74, 6) is -1.29. The first-order valence-electron chi connectivity index (χ1n) is 17.4. The molecule has 0 amide bonds. The molecule has 2 unspecified atom stereocenters. The van der Waals surface area contributed by atoms with Crippen LogP contribution < -0.4 is 0 Å². The summed E-state index contributed by atoms with van der Waals surface area (Å²) in [5.41, 5.74) is 18.6. The van der Waals surface area contributed by atoms with Gasteiger partial charge in [0, 0.05) is 0 Å². The van der Waals surface area contributed by atoms with Crippen molar-refractivity contribution in [1.82, 2.24) is 0 Å². The number of hydrogen-bond donors (Lipinski definition) is 0. The Morgan fingerprint density at radius 3 is 1.94 bits per heavy atom. The predicted octanol–water partition coefficient (Wildman–Crippen LogP) is 13.5. The van der Waals surface area contributed by atoms with Crippen LogP contribution in [0.5, 0.6) is 0 Å². The molecule has 0 nitrogen and oxygen atoms in total. The van der Waals surface area contributed by atoms with E-state index in [1.54, 1.807) is 0 Å². The van der Waals surface area contributed by atoms with Gasteiger partial charge in [-0.25, -0.2) is 0 Å². The SMILES string of the molecule is CC1=Cc2c(-c3cc(C)ccc3C)cc(C)cc2[CH]1[Zr]([Cl])([Cl])([CH]1C(C(C)C)=Cc2c(-c3ccc(C(C)(C)C)cc3)cccc21)[SiH](C)C. The van der Waals surface area contributed by atoms with Crippen LogP contribution in [0.15, 0.2) is 83.9 Å². The summed E-state index contributed by atoms with van der Waals surface area (Å²) < 4.78 is 0.164. The maximum absolute atomic E-state index is 8.66. The van der Waals surface area contributed by atoms with Gasteiger partial charge in [-0.1, -0.05) is 0 Å². The zero-order valence-corrected chi connectivity index (χ0v) is 35.3. The molecule has 2 aliphatic carbocycles. The monoisotopic (exact) mass is 755 g/mol. The van der Waals surface area contributed by atoms with Gasteiger partial charge in [0.2, 0.25) is 0 Å². The van der Waals surface area contributed by atoms with Gasteiger partial charge in [-0.3, -0.25) is 0 Å². The number of fused-ring (bicyclic) bond motifs is 2. The third-order valence-electron chi connectivity index (χ3n) is 11.2. The zero-order chi connectivity index (χ0) is 34.2. The third kappa shape index (κ3) is 5.68. The zero-order valence-electron chi connectivity index (χ0n) is 30.1. The van der Waals surface area contributed by atoms with E-state index in [4.69, 9.17) is 17.0 Å². The molecule has 2 aliphatic rings. The molecule has 0 spiro atoms. The number of rotatable bonds is 6. The van der Waals surface area contributed by atoms with Crippen LogP contribution in [0.1, 0.15) is 93.3 Å². The fourth-order valence-electron chi connectivity index (χ4n) is 8.54. The van der Waals surface area contributed by atoms with Gasteiger partial charge < -0.3 is 0 Å². The van der Waals surface area contributed by atoms with E-state index in [9.17, 15) is 0 Å². The van der Waals surface area contributed by atoms with Crippen molar-refractivity contribution in [1.29, 1.82) is 0 Å². The average molecular weight is 758 g/mol. The Bertz CT molecular complexity index is 1950. The summed E-state index contributed by atoms with van der Waals surface area (Å²) in [6, 6.07) is 27.7. The molecular formula is C43H51Cl2SiZr. The Morgan fingerprint density at radius 2 is 1.32 bits per heavy atom. The minimum atomic E-state index is -4.84. The van der Waals surface area contributed by atoms with Gasteiger partial charge in [0.05, 0.1) is 0 Å². The number of benzene rings is 4. The van der Waals surface area contributed by atoms with Crippen LogP contribution in [-0.4, -0.2) is 5.92 Å². The molecule has 6 rings (SSSR count). The van der Waals surface area contributed by atoms with Crippen LogP contribution in [0.25, 0.3) is 34.4 Å². The molecule has 0 saturated carbocycles. The summed E-state index contributed by atoms with van der Waals surface area (Å²) in [6.07, 6.45) is 4.92. The summed E-state index contributed by atoms with van der Waals surface area (Å²) >= 11 is -4.84. The van der Waals surface area contributed by atoms with Gasteiger partial charge in [0.25, 0.3) is 0 Å². The van der Waals surface area contributed by atoms with Crippen LogP contribution in [0.3, 0.4) is 0 Å². The molecule has 0 heterocycles. The van der Waals surface area contributed by atoms with E-state index < -0.39 is 21.5 Å². The molecule has 4 aromatic carbocycles. The number of allylic oxidation sites excluding steroid dienone is 2. The van der Waals surface area contributed by atoms with Gasteiger partial charge in [0.15, 0.2) is 0 Å². The Hall–Kier alpha value is -1.96. The van der Waals surface area contributed by atoms with Crippen molar-refractivity contribution in [2.45, 2.75) is 88.1 Å². The molecule has 0 aromatic heterocycles. The van der Waals surface area contributed by atoms with E-state index >= 15 is 0 Å². The van der Waals surface area contributed by atoms with Gasteiger partial charge in [-0.15, -0.1) is 0 Å². The molecule has 4 heteroatoms. The van der Waals surface area contributed by atoms with Crippen molar-refractivity contribution in [2.24, 2.45) is 5.92 Å². The summed E-state index contributed by atoms with van der Waals surface area (Å²) in [4.78, 5) is 0. The van der Waals surface area contributed by atoms with Crippen molar-refractivity contribution < 1.29 is 15.6 Å². The summed E-state index contributed by atoms with van der Waals surface area (Å²) in [6.45, 7) is 25.3. The fourth-order valence-corrected chi connectivity index (χ4v) is 40.7. The van der Waals surface area contributed by atoms with E-state index in [-0.39, 0.29) is 12.7 Å². The normalized spacial score (nSPS) is 18.6. The fraction of sp³-hybridized carbons (Fsp3) is 0.349. The number of hydrogen-bond acceptors (Lipinski definition) is 0. The van der Waals surface area contributed by atoms with E-state index in [1.165, 1.54) is 77.9 Å². The molecule has 0 aliphatic heterocycles. The molecule has 0 bridgehead atoms. The van der Waals surface area contributed by atoms with Crippen molar-refractivity contribution >= 4 is 35.1 Å². The van der Waals surface area contributed by atoms with E-state index in [0.29, 0.717) is 5.92 Å². The standard InChI is InChI=1S/C22H25.C19H19.C2H7Si.2ClH.Zr/c1-15(2)18-13-17-7-6-8-20(21(17)14-18)16-9-11-19(12-10-16)22(3,4)5;1-12-5-6-15(4)17(9-12)19-11-14(3)8-16-7-13(2)10-18(16)19;1-3-2;;;/h6-15H,1-5H3;5-11H,1-4H3;3H,1-2H3;2*1H;/q;;;;;+2/p-2. The summed E-state index contributed by atoms with van der Waals surface area (Å²) in [5, 5.41) is 0. The van der Waals surface area contributed by atoms with Gasteiger partial charge >= 0.3 is 295 Å². The van der Waals surface area contributed by atoms with E-state index in [2.05, 4.69) is 160 Å². The van der Waals surface area contributed by atoms with Gasteiger partial charge in [-0.2, -0.15) is 0 Å². The Kier molecular flexibility index (Phi) is 9.00. The van der Waals surface area contributed by atoms with Crippen molar-refractivity contribution in [3.8, 4) is 22.3 Å². The molecule has 0 saturated heterocycles. The Balaban J connectivity index is 1.58. The van der Waals surface area contributed by atoms with E-state index in [1.807, 2.05) is 0 Å². The summed E-state index contributed by atoms with van der Waals surface area (Å²) in [7, 11) is 17.3. The maximum atomic E-state index is 8.66. The van der Waals surface area contributed by atoms with Crippen molar-refractivity contribution in [2.75, 3.05) is 0 Å². The Labute approximate surface area is 293 Å². The van der Waals surface area contributed by atoms with Crippen LogP contribution >= 0.6 is 17.0 Å². The van der Waals surface area contributed by atoms with Crippen LogP contribution in [0, 0.1) is 26.7 Å². The average Bonchev–Trinajstić information content (AvgIpc) is 3.56. The second kappa shape index (κ2) is 12.1. The molecule has 4 aromatic rings.